The number of aromatic nitrogens is 3. The van der Waals surface area contributed by atoms with Gasteiger partial charge >= 0.3 is 0 Å². The number of hydrogen-bond donors (Lipinski definition) is 2. The molecule has 11 heteroatoms. The second-order valence-electron chi connectivity index (χ2n) is 8.20. The number of halogens is 1. The summed E-state index contributed by atoms with van der Waals surface area (Å²) in [6.07, 6.45) is 5.01. The van der Waals surface area contributed by atoms with Gasteiger partial charge in [-0.2, -0.15) is 0 Å². The van der Waals surface area contributed by atoms with Crippen LogP contribution in [0.25, 0.3) is 22.6 Å². The third kappa shape index (κ3) is 4.40. The highest BCUT2D eigenvalue weighted by Crippen LogP contribution is 2.40. The molecule has 8 nitrogen and oxygen atoms in total. The third-order valence-corrected chi connectivity index (χ3v) is 8.70. The number of amides is 1. The number of nitrogens with two attached hydrogens (primary N) is 1. The van der Waals surface area contributed by atoms with Gasteiger partial charge in [-0.15, -0.1) is 11.3 Å². The molecule has 0 bridgehead atoms. The molecular weight excluding hydrogens is 538 g/mol. The van der Waals surface area contributed by atoms with Crippen molar-refractivity contribution in [2.45, 2.75) is 37.8 Å². The van der Waals surface area contributed by atoms with Gasteiger partial charge in [-0.25, -0.2) is 9.19 Å². The Morgan fingerprint density at radius 3 is 2.76 bits per heavy atom. The van der Waals surface area contributed by atoms with Crippen molar-refractivity contribution < 1.29 is 13.6 Å². The number of anilines is 1. The molecule has 0 saturated heterocycles. The van der Waals surface area contributed by atoms with Crippen molar-refractivity contribution in [3.63, 3.8) is 0 Å². The van der Waals surface area contributed by atoms with Crippen LogP contribution in [-0.2, 0) is 11.3 Å². The van der Waals surface area contributed by atoms with E-state index in [9.17, 15) is 13.6 Å². The van der Waals surface area contributed by atoms with Crippen molar-refractivity contribution in [3.05, 3.63) is 64.1 Å². The van der Waals surface area contributed by atoms with Crippen LogP contribution in [-0.4, -0.2) is 35.2 Å². The zero-order chi connectivity index (χ0) is 23.8. The number of imidazole rings is 1. The minimum absolute atomic E-state index is 0.0367. The van der Waals surface area contributed by atoms with Gasteiger partial charge in [-0.3, -0.25) is 18.6 Å². The summed E-state index contributed by atoms with van der Waals surface area (Å²) in [6, 6.07) is 14.6. The number of fused-ring (bicyclic) bond motifs is 1. The van der Waals surface area contributed by atoms with E-state index in [1.54, 1.807) is 22.6 Å². The molecule has 1 saturated carbocycles. The quantitative estimate of drug-likeness (QED) is 0.317. The van der Waals surface area contributed by atoms with Crippen molar-refractivity contribution >= 4 is 60.5 Å². The maximum atomic E-state index is 12.4. The van der Waals surface area contributed by atoms with Crippen molar-refractivity contribution in [3.8, 4) is 11.5 Å². The highest BCUT2D eigenvalue weighted by atomic mass is 79.9. The molecule has 0 radical (unpaired) electrons. The van der Waals surface area contributed by atoms with E-state index in [2.05, 4.69) is 25.5 Å². The first-order valence-corrected chi connectivity index (χ1v) is 13.5. The topological polar surface area (TPSA) is 114 Å². The summed E-state index contributed by atoms with van der Waals surface area (Å²) in [5.41, 5.74) is 8.17. The van der Waals surface area contributed by atoms with Crippen LogP contribution in [0.3, 0.4) is 0 Å². The Labute approximate surface area is 211 Å². The SMILES string of the molecule is NC(=O)c1ccc2c(c1)nc(-c1ccccn1)n2C1CCCC(N(c2ccc(Br)s2)S(=O)O)C1. The minimum Gasteiger partial charge on any atom is -0.366 e. The molecule has 1 amide bonds. The zero-order valence-electron chi connectivity index (χ0n) is 18.0. The van der Waals surface area contributed by atoms with Crippen LogP contribution in [0.2, 0.25) is 0 Å². The molecule has 1 aromatic carbocycles. The van der Waals surface area contributed by atoms with E-state index in [0.29, 0.717) is 23.3 Å². The molecule has 1 aliphatic rings. The number of benzene rings is 1. The fourth-order valence-corrected chi connectivity index (χ4v) is 7.00. The molecular formula is C23H22BrN5O3S2. The molecule has 176 valence electrons. The first-order chi connectivity index (χ1) is 16.4. The molecule has 4 aromatic rings. The molecule has 0 aliphatic heterocycles. The van der Waals surface area contributed by atoms with E-state index in [0.717, 1.165) is 39.3 Å². The second-order valence-corrected chi connectivity index (χ2v) is 11.5. The average Bonchev–Trinajstić information content (AvgIpc) is 3.42. The lowest BCUT2D eigenvalue weighted by Crippen LogP contribution is -2.40. The molecule has 3 heterocycles. The molecule has 1 fully saturated rings. The molecule has 5 rings (SSSR count). The Morgan fingerprint density at radius 2 is 2.09 bits per heavy atom. The number of hydrogen-bond acceptors (Lipinski definition) is 5. The monoisotopic (exact) mass is 559 g/mol. The van der Waals surface area contributed by atoms with Crippen LogP contribution in [0.5, 0.6) is 0 Å². The summed E-state index contributed by atoms with van der Waals surface area (Å²) >= 11 is 2.75. The summed E-state index contributed by atoms with van der Waals surface area (Å²) in [6.45, 7) is 0. The predicted molar refractivity (Wildman–Crippen MR) is 138 cm³/mol. The molecule has 34 heavy (non-hydrogen) atoms. The average molecular weight is 560 g/mol. The summed E-state index contributed by atoms with van der Waals surface area (Å²) in [5.74, 6) is 0.204. The molecule has 3 atom stereocenters. The van der Waals surface area contributed by atoms with Gasteiger partial charge in [0, 0.05) is 23.8 Å². The first-order valence-electron chi connectivity index (χ1n) is 10.8. The smallest absolute Gasteiger partial charge is 0.262 e. The number of primary amides is 1. The van der Waals surface area contributed by atoms with Crippen molar-refractivity contribution in [2.75, 3.05) is 4.31 Å². The van der Waals surface area contributed by atoms with Crippen molar-refractivity contribution in [2.24, 2.45) is 5.73 Å². The van der Waals surface area contributed by atoms with Gasteiger partial charge in [-0.05, 0) is 84.1 Å². The molecule has 3 aromatic heterocycles. The van der Waals surface area contributed by atoms with E-state index in [1.165, 1.54) is 11.3 Å². The van der Waals surface area contributed by atoms with Gasteiger partial charge in [0.05, 0.1) is 14.8 Å². The van der Waals surface area contributed by atoms with E-state index < -0.39 is 17.2 Å². The Balaban J connectivity index is 1.58. The van der Waals surface area contributed by atoms with Gasteiger partial charge in [0.25, 0.3) is 11.3 Å². The fourth-order valence-electron chi connectivity index (χ4n) is 4.69. The lowest BCUT2D eigenvalue weighted by molar-refractivity contribution is 0.100. The maximum Gasteiger partial charge on any atom is 0.262 e. The summed E-state index contributed by atoms with van der Waals surface area (Å²) in [7, 11) is 0. The molecule has 3 unspecified atom stereocenters. The van der Waals surface area contributed by atoms with Gasteiger partial charge in [0.15, 0.2) is 5.82 Å². The van der Waals surface area contributed by atoms with Crippen LogP contribution in [0.1, 0.15) is 42.1 Å². The lowest BCUT2D eigenvalue weighted by atomic mass is 9.90. The predicted octanol–water partition coefficient (Wildman–Crippen LogP) is 5.15. The number of pyridine rings is 1. The van der Waals surface area contributed by atoms with Gasteiger partial charge in [0.1, 0.15) is 10.7 Å². The Hall–Kier alpha value is -2.60. The molecule has 1 aliphatic carbocycles. The third-order valence-electron chi connectivity index (χ3n) is 6.13. The minimum atomic E-state index is -2.14. The Kier molecular flexibility index (Phi) is 6.52. The summed E-state index contributed by atoms with van der Waals surface area (Å²) in [5, 5.41) is 0.755. The number of carbonyl (C=O) groups is 1. The number of rotatable bonds is 6. The van der Waals surface area contributed by atoms with Crippen LogP contribution >= 0.6 is 27.3 Å². The maximum absolute atomic E-state index is 12.4. The fraction of sp³-hybridized carbons (Fsp3) is 0.261. The normalized spacial score (nSPS) is 19.2. The summed E-state index contributed by atoms with van der Waals surface area (Å²) < 4.78 is 27.2. The van der Waals surface area contributed by atoms with Gasteiger partial charge < -0.3 is 10.3 Å². The highest BCUT2D eigenvalue weighted by molar-refractivity contribution is 9.11. The van der Waals surface area contributed by atoms with Gasteiger partial charge in [-0.1, -0.05) is 6.07 Å². The van der Waals surface area contributed by atoms with Gasteiger partial charge in [0.2, 0.25) is 5.91 Å². The van der Waals surface area contributed by atoms with E-state index in [4.69, 9.17) is 10.7 Å². The van der Waals surface area contributed by atoms with Crippen LogP contribution in [0.4, 0.5) is 5.00 Å². The van der Waals surface area contributed by atoms with Crippen molar-refractivity contribution in [1.29, 1.82) is 0 Å². The van der Waals surface area contributed by atoms with E-state index in [-0.39, 0.29) is 12.1 Å². The number of nitrogens with zero attached hydrogens (tertiary/aromatic N) is 4. The molecule has 3 N–H and O–H groups in total. The standard InChI is InChI=1S/C23H22BrN5O3S2/c24-20-9-10-21(33-20)29(34(31)32)16-5-3-4-15(13-16)28-19-8-7-14(22(25)30)12-18(19)27-23(28)17-6-1-2-11-26-17/h1-2,6-12,15-16H,3-5,13H2,(H2,25,30)(H,31,32). The Morgan fingerprint density at radius 1 is 1.24 bits per heavy atom. The van der Waals surface area contributed by atoms with Crippen LogP contribution in [0, 0.1) is 0 Å². The second kappa shape index (κ2) is 9.57. The van der Waals surface area contributed by atoms with Crippen molar-refractivity contribution in [1.82, 2.24) is 14.5 Å². The Bertz CT molecular complexity index is 1370. The zero-order valence-corrected chi connectivity index (χ0v) is 21.2. The van der Waals surface area contributed by atoms with E-state index >= 15 is 0 Å². The van der Waals surface area contributed by atoms with Crippen LogP contribution in [0.15, 0.2) is 58.5 Å². The first kappa shape index (κ1) is 23.2. The van der Waals surface area contributed by atoms with E-state index in [1.807, 2.05) is 36.4 Å². The number of thiophene rings is 1. The molecule has 0 spiro atoms. The summed E-state index contributed by atoms with van der Waals surface area (Å²) in [4.78, 5) is 21.1. The van der Waals surface area contributed by atoms with Crippen LogP contribution < -0.4 is 10.0 Å². The largest absolute Gasteiger partial charge is 0.366 e. The highest BCUT2D eigenvalue weighted by Gasteiger charge is 2.33. The lowest BCUT2D eigenvalue weighted by Gasteiger charge is -2.36. The number of carbonyl (C=O) groups excluding carboxylic acids is 1.